The Balaban J connectivity index is 2.38. The van der Waals surface area contributed by atoms with Crippen molar-refractivity contribution in [2.45, 2.75) is 51.5 Å². The van der Waals surface area contributed by atoms with E-state index in [9.17, 15) is 0 Å². The van der Waals surface area contributed by atoms with Gasteiger partial charge in [0.05, 0.1) is 11.7 Å². The van der Waals surface area contributed by atoms with Crippen LogP contribution in [0.2, 0.25) is 0 Å². The van der Waals surface area contributed by atoms with Gasteiger partial charge in [-0.2, -0.15) is 0 Å². The van der Waals surface area contributed by atoms with Gasteiger partial charge in [0.15, 0.2) is 0 Å². The fourth-order valence-corrected chi connectivity index (χ4v) is 1.98. The molecule has 0 aromatic carbocycles. The Hall–Kier alpha value is -1.22. The van der Waals surface area contributed by atoms with Gasteiger partial charge in [-0.3, -0.25) is 9.97 Å². The highest BCUT2D eigenvalue weighted by Crippen LogP contribution is 2.17. The molecule has 0 aliphatic rings. The number of hydrogen-bond donors (Lipinski definition) is 1. The Kier molecular flexibility index (Phi) is 8.06. The van der Waals surface area contributed by atoms with Gasteiger partial charge in [0.25, 0.3) is 0 Å². The van der Waals surface area contributed by atoms with E-state index in [2.05, 4.69) is 28.8 Å². The minimum Gasteiger partial charge on any atom is -0.309 e. The van der Waals surface area contributed by atoms with E-state index in [4.69, 9.17) is 0 Å². The molecule has 0 radical (unpaired) electrons. The van der Waals surface area contributed by atoms with Crippen LogP contribution in [-0.2, 0) is 0 Å². The van der Waals surface area contributed by atoms with E-state index < -0.39 is 0 Å². The number of aromatic nitrogens is 2. The van der Waals surface area contributed by atoms with Crippen molar-refractivity contribution in [3.8, 4) is 0 Å². The first-order valence-corrected chi connectivity index (χ1v) is 6.98. The van der Waals surface area contributed by atoms with E-state index >= 15 is 0 Å². The Morgan fingerprint density at radius 3 is 2.89 bits per heavy atom. The van der Waals surface area contributed by atoms with Crippen molar-refractivity contribution in [3.05, 3.63) is 36.9 Å². The molecule has 0 saturated heterocycles. The molecule has 1 aromatic heterocycles. The number of unbranched alkanes of at least 4 members (excludes halogenated alkanes) is 3. The van der Waals surface area contributed by atoms with Gasteiger partial charge in [0.1, 0.15) is 0 Å². The quantitative estimate of drug-likeness (QED) is 0.506. The first kappa shape index (κ1) is 14.8. The molecule has 0 fully saturated rings. The van der Waals surface area contributed by atoms with E-state index in [1.807, 2.05) is 12.3 Å². The minimum atomic E-state index is 0.349. The van der Waals surface area contributed by atoms with Crippen molar-refractivity contribution in [1.82, 2.24) is 15.3 Å². The Labute approximate surface area is 111 Å². The van der Waals surface area contributed by atoms with Gasteiger partial charge in [-0.1, -0.05) is 25.8 Å². The summed E-state index contributed by atoms with van der Waals surface area (Å²) in [5.41, 5.74) is 1.06. The van der Waals surface area contributed by atoms with Gasteiger partial charge < -0.3 is 5.32 Å². The van der Waals surface area contributed by atoms with Crippen molar-refractivity contribution in [3.63, 3.8) is 0 Å². The lowest BCUT2D eigenvalue weighted by atomic mass is 10.0. The van der Waals surface area contributed by atoms with Crippen LogP contribution in [0.3, 0.4) is 0 Å². The van der Waals surface area contributed by atoms with E-state index in [1.54, 1.807) is 12.4 Å². The molecule has 0 amide bonds. The SMILES string of the molecule is C=CCCCCCC(NCCC)c1cnccn1. The minimum absolute atomic E-state index is 0.349. The summed E-state index contributed by atoms with van der Waals surface area (Å²) in [5.74, 6) is 0. The van der Waals surface area contributed by atoms with Crippen molar-refractivity contribution in [2.24, 2.45) is 0 Å². The van der Waals surface area contributed by atoms with Gasteiger partial charge in [-0.05, 0) is 32.2 Å². The molecular formula is C15H25N3. The zero-order chi connectivity index (χ0) is 13.1. The van der Waals surface area contributed by atoms with Crippen LogP contribution >= 0.6 is 0 Å². The fourth-order valence-electron chi connectivity index (χ4n) is 1.98. The third kappa shape index (κ3) is 5.92. The van der Waals surface area contributed by atoms with Crippen LogP contribution in [-0.4, -0.2) is 16.5 Å². The molecular weight excluding hydrogens is 222 g/mol. The summed E-state index contributed by atoms with van der Waals surface area (Å²) in [6.45, 7) is 6.97. The van der Waals surface area contributed by atoms with E-state index in [0.29, 0.717) is 6.04 Å². The average molecular weight is 247 g/mol. The Morgan fingerprint density at radius 1 is 1.33 bits per heavy atom. The van der Waals surface area contributed by atoms with Crippen LogP contribution in [0, 0.1) is 0 Å². The number of nitrogens with one attached hydrogen (secondary N) is 1. The largest absolute Gasteiger partial charge is 0.309 e. The zero-order valence-corrected chi connectivity index (χ0v) is 11.4. The highest BCUT2D eigenvalue weighted by Gasteiger charge is 2.11. The number of hydrogen-bond acceptors (Lipinski definition) is 3. The monoisotopic (exact) mass is 247 g/mol. The second kappa shape index (κ2) is 9.77. The second-order valence-corrected chi connectivity index (χ2v) is 4.56. The molecule has 1 atom stereocenters. The molecule has 100 valence electrons. The van der Waals surface area contributed by atoms with Crippen LogP contribution in [0.1, 0.15) is 57.2 Å². The van der Waals surface area contributed by atoms with Gasteiger partial charge in [-0.15, -0.1) is 6.58 Å². The topological polar surface area (TPSA) is 37.8 Å². The lowest BCUT2D eigenvalue weighted by molar-refractivity contribution is 0.462. The number of rotatable bonds is 10. The van der Waals surface area contributed by atoms with Crippen LogP contribution in [0.25, 0.3) is 0 Å². The van der Waals surface area contributed by atoms with Crippen LogP contribution in [0.4, 0.5) is 0 Å². The first-order valence-electron chi connectivity index (χ1n) is 6.98. The third-order valence-corrected chi connectivity index (χ3v) is 2.98. The van der Waals surface area contributed by atoms with Crippen molar-refractivity contribution in [1.29, 1.82) is 0 Å². The van der Waals surface area contributed by atoms with E-state index in [1.165, 1.54) is 19.3 Å². The number of nitrogens with zero attached hydrogens (tertiary/aromatic N) is 2. The Morgan fingerprint density at radius 2 is 2.22 bits per heavy atom. The van der Waals surface area contributed by atoms with Crippen LogP contribution in [0.15, 0.2) is 31.2 Å². The van der Waals surface area contributed by atoms with Crippen molar-refractivity contribution < 1.29 is 0 Å². The second-order valence-electron chi connectivity index (χ2n) is 4.56. The average Bonchev–Trinajstić information content (AvgIpc) is 2.43. The highest BCUT2D eigenvalue weighted by atomic mass is 14.9. The predicted molar refractivity (Wildman–Crippen MR) is 76.3 cm³/mol. The maximum absolute atomic E-state index is 4.41. The van der Waals surface area contributed by atoms with Gasteiger partial charge in [0, 0.05) is 18.6 Å². The zero-order valence-electron chi connectivity index (χ0n) is 11.4. The summed E-state index contributed by atoms with van der Waals surface area (Å²) in [6.07, 6.45) is 14.5. The summed E-state index contributed by atoms with van der Waals surface area (Å²) in [5, 5.41) is 3.55. The van der Waals surface area contributed by atoms with Gasteiger partial charge in [0.2, 0.25) is 0 Å². The summed E-state index contributed by atoms with van der Waals surface area (Å²) < 4.78 is 0. The van der Waals surface area contributed by atoms with Crippen LogP contribution < -0.4 is 5.32 Å². The molecule has 0 aliphatic heterocycles. The summed E-state index contributed by atoms with van der Waals surface area (Å²) in [6, 6.07) is 0.349. The molecule has 0 saturated carbocycles. The molecule has 3 heteroatoms. The standard InChI is InChI=1S/C15H25N3/c1-3-5-6-7-8-9-14(17-10-4-2)15-13-16-11-12-18-15/h3,11-14,17H,1,4-10H2,2H3. The normalized spacial score (nSPS) is 12.3. The lowest BCUT2D eigenvalue weighted by Crippen LogP contribution is -2.23. The van der Waals surface area contributed by atoms with Gasteiger partial charge >= 0.3 is 0 Å². The summed E-state index contributed by atoms with van der Waals surface area (Å²) in [7, 11) is 0. The first-order chi connectivity index (χ1) is 8.88. The molecule has 18 heavy (non-hydrogen) atoms. The lowest BCUT2D eigenvalue weighted by Gasteiger charge is -2.17. The van der Waals surface area contributed by atoms with E-state index in [-0.39, 0.29) is 0 Å². The summed E-state index contributed by atoms with van der Waals surface area (Å²) >= 11 is 0. The highest BCUT2D eigenvalue weighted by molar-refractivity contribution is 5.02. The molecule has 0 bridgehead atoms. The molecule has 1 N–H and O–H groups in total. The Bertz CT molecular complexity index is 311. The molecule has 0 aliphatic carbocycles. The third-order valence-electron chi connectivity index (χ3n) is 2.98. The smallest absolute Gasteiger partial charge is 0.0756 e. The maximum atomic E-state index is 4.41. The number of allylic oxidation sites excluding steroid dienone is 1. The molecule has 1 unspecified atom stereocenters. The molecule has 0 spiro atoms. The summed E-state index contributed by atoms with van der Waals surface area (Å²) in [4.78, 5) is 8.56. The van der Waals surface area contributed by atoms with Crippen molar-refractivity contribution in [2.75, 3.05) is 6.54 Å². The molecule has 1 aromatic rings. The van der Waals surface area contributed by atoms with Crippen molar-refractivity contribution >= 4 is 0 Å². The molecule has 1 rings (SSSR count). The van der Waals surface area contributed by atoms with Gasteiger partial charge in [-0.25, -0.2) is 0 Å². The molecule has 1 heterocycles. The molecule has 3 nitrogen and oxygen atoms in total. The maximum Gasteiger partial charge on any atom is 0.0756 e. The van der Waals surface area contributed by atoms with E-state index in [0.717, 1.165) is 31.5 Å². The van der Waals surface area contributed by atoms with Crippen LogP contribution in [0.5, 0.6) is 0 Å². The predicted octanol–water partition coefficient (Wildman–Crippen LogP) is 3.65. The fraction of sp³-hybridized carbons (Fsp3) is 0.600.